The number of halogens is 1. The van der Waals surface area contributed by atoms with Crippen LogP contribution in [0, 0.1) is 0 Å². The Morgan fingerprint density at radius 3 is 2.26 bits per heavy atom. The van der Waals surface area contributed by atoms with E-state index in [0.29, 0.717) is 26.1 Å². The van der Waals surface area contributed by atoms with Crippen LogP contribution in [-0.4, -0.2) is 61.1 Å². The number of hydrogen-bond acceptors (Lipinski definition) is 5. The average Bonchev–Trinajstić information content (AvgIpc) is 2.75. The maximum Gasteiger partial charge on any atom is 0.405 e. The third kappa shape index (κ3) is 5.71. The molecule has 1 fully saturated rings. The van der Waals surface area contributed by atoms with Gasteiger partial charge in [0.1, 0.15) is 0 Å². The number of amides is 2. The van der Waals surface area contributed by atoms with Gasteiger partial charge in [-0.15, -0.1) is 12.4 Å². The molecule has 0 radical (unpaired) electrons. The van der Waals surface area contributed by atoms with E-state index in [0.717, 1.165) is 27.9 Å². The summed E-state index contributed by atoms with van der Waals surface area (Å²) in [6.07, 6.45) is -0.581. The van der Waals surface area contributed by atoms with Crippen molar-refractivity contribution in [3.63, 3.8) is 0 Å². The number of nitrogens with zero attached hydrogens (tertiary/aromatic N) is 2. The number of rotatable bonds is 4. The Morgan fingerprint density at radius 1 is 1.06 bits per heavy atom. The van der Waals surface area contributed by atoms with E-state index in [-0.39, 0.29) is 35.9 Å². The maximum absolute atomic E-state index is 12.2. The van der Waals surface area contributed by atoms with Crippen molar-refractivity contribution >= 4 is 39.9 Å². The summed E-state index contributed by atoms with van der Waals surface area (Å²) in [7, 11) is -2.89. The van der Waals surface area contributed by atoms with Gasteiger partial charge in [0.2, 0.25) is 5.91 Å². The number of anilines is 1. The molecular weight excluding hydrogens is 478 g/mol. The van der Waals surface area contributed by atoms with Gasteiger partial charge in [-0.1, -0.05) is 30.3 Å². The fraction of sp³-hybridized carbons (Fsp3) is 0.417. The highest BCUT2D eigenvalue weighted by Crippen LogP contribution is 2.39. The van der Waals surface area contributed by atoms with Crippen molar-refractivity contribution in [2.45, 2.75) is 38.9 Å². The van der Waals surface area contributed by atoms with Gasteiger partial charge < -0.3 is 15.3 Å². The van der Waals surface area contributed by atoms with Gasteiger partial charge in [-0.3, -0.25) is 9.69 Å². The SMILES string of the molecule is CC(=O)N1c2ccc(-c3ccc(CN4CCS(=O)(=O)CC4)cc3)cc2[C@H](NC(=O)O)C[C@@H]1C.Cl. The molecule has 0 bridgehead atoms. The number of fused-ring (bicyclic) bond motifs is 1. The topological polar surface area (TPSA) is 107 Å². The van der Waals surface area contributed by atoms with Crippen LogP contribution in [0.1, 0.15) is 37.4 Å². The number of carbonyl (C=O) groups is 2. The van der Waals surface area contributed by atoms with Crippen LogP contribution in [0.25, 0.3) is 11.1 Å². The molecular formula is C24H30ClN3O5S. The Hall–Kier alpha value is -2.62. The zero-order chi connectivity index (χ0) is 23.8. The van der Waals surface area contributed by atoms with E-state index >= 15 is 0 Å². The normalized spacial score (nSPS) is 21.8. The fourth-order valence-electron chi connectivity index (χ4n) is 4.78. The first kappa shape index (κ1) is 26.0. The smallest absolute Gasteiger partial charge is 0.405 e. The number of sulfone groups is 1. The molecule has 2 N–H and O–H groups in total. The molecule has 184 valence electrons. The first-order chi connectivity index (χ1) is 15.6. The summed E-state index contributed by atoms with van der Waals surface area (Å²) < 4.78 is 23.2. The lowest BCUT2D eigenvalue weighted by molar-refractivity contribution is -0.117. The summed E-state index contributed by atoms with van der Waals surface area (Å²) in [5.41, 5.74) is 4.57. The van der Waals surface area contributed by atoms with Crippen molar-refractivity contribution in [3.8, 4) is 11.1 Å². The van der Waals surface area contributed by atoms with Gasteiger partial charge in [-0.25, -0.2) is 13.2 Å². The molecule has 2 aliphatic heterocycles. The average molecular weight is 508 g/mol. The van der Waals surface area contributed by atoms with Gasteiger partial charge in [0.25, 0.3) is 0 Å². The zero-order valence-electron chi connectivity index (χ0n) is 19.2. The molecule has 0 saturated carbocycles. The number of carbonyl (C=O) groups excluding carboxylic acids is 1. The summed E-state index contributed by atoms with van der Waals surface area (Å²) in [6.45, 7) is 5.26. The lowest BCUT2D eigenvalue weighted by Gasteiger charge is -2.39. The Morgan fingerprint density at radius 2 is 1.68 bits per heavy atom. The first-order valence-corrected chi connectivity index (χ1v) is 12.9. The van der Waals surface area contributed by atoms with Crippen molar-refractivity contribution in [3.05, 3.63) is 53.6 Å². The van der Waals surface area contributed by atoms with Gasteiger partial charge in [-0.2, -0.15) is 0 Å². The molecule has 2 atom stereocenters. The van der Waals surface area contributed by atoms with E-state index in [2.05, 4.69) is 10.2 Å². The second-order valence-corrected chi connectivity index (χ2v) is 11.2. The highest BCUT2D eigenvalue weighted by atomic mass is 35.5. The van der Waals surface area contributed by atoms with Gasteiger partial charge in [0.15, 0.2) is 9.84 Å². The minimum Gasteiger partial charge on any atom is -0.465 e. The molecule has 0 aromatic heterocycles. The van der Waals surface area contributed by atoms with E-state index in [1.54, 1.807) is 4.90 Å². The summed E-state index contributed by atoms with van der Waals surface area (Å²) in [6, 6.07) is 13.4. The summed E-state index contributed by atoms with van der Waals surface area (Å²) in [5.74, 6) is 0.351. The van der Waals surface area contributed by atoms with Crippen molar-refractivity contribution in [1.82, 2.24) is 10.2 Å². The molecule has 10 heteroatoms. The molecule has 4 rings (SSSR count). The number of hydrogen-bond donors (Lipinski definition) is 2. The monoisotopic (exact) mass is 507 g/mol. The van der Waals surface area contributed by atoms with Crippen LogP contribution in [0.3, 0.4) is 0 Å². The van der Waals surface area contributed by atoms with E-state index in [4.69, 9.17) is 0 Å². The first-order valence-electron chi connectivity index (χ1n) is 11.1. The van der Waals surface area contributed by atoms with Gasteiger partial charge >= 0.3 is 6.09 Å². The van der Waals surface area contributed by atoms with Crippen LogP contribution in [0.15, 0.2) is 42.5 Å². The Labute approximate surface area is 206 Å². The van der Waals surface area contributed by atoms with Crippen LogP contribution in [0.4, 0.5) is 10.5 Å². The highest BCUT2D eigenvalue weighted by Gasteiger charge is 2.33. The van der Waals surface area contributed by atoms with E-state index in [9.17, 15) is 23.1 Å². The van der Waals surface area contributed by atoms with E-state index < -0.39 is 22.0 Å². The van der Waals surface area contributed by atoms with Crippen molar-refractivity contribution in [1.29, 1.82) is 0 Å². The Balaban J connectivity index is 0.00000324. The van der Waals surface area contributed by atoms with Gasteiger partial charge in [0, 0.05) is 38.3 Å². The summed E-state index contributed by atoms with van der Waals surface area (Å²) >= 11 is 0. The molecule has 2 aromatic rings. The van der Waals surface area contributed by atoms with Crippen LogP contribution in [-0.2, 0) is 21.2 Å². The quantitative estimate of drug-likeness (QED) is 0.656. The molecule has 34 heavy (non-hydrogen) atoms. The molecule has 0 unspecified atom stereocenters. The molecule has 1 saturated heterocycles. The maximum atomic E-state index is 12.2. The molecule has 8 nitrogen and oxygen atoms in total. The van der Waals surface area contributed by atoms with Crippen LogP contribution in [0.5, 0.6) is 0 Å². The number of carboxylic acid groups (broad SMARTS) is 1. The van der Waals surface area contributed by atoms with Crippen LogP contribution < -0.4 is 10.2 Å². The summed E-state index contributed by atoms with van der Waals surface area (Å²) in [4.78, 5) is 27.5. The van der Waals surface area contributed by atoms with Gasteiger partial charge in [0.05, 0.1) is 17.5 Å². The van der Waals surface area contributed by atoms with Crippen molar-refractivity contribution in [2.75, 3.05) is 29.5 Å². The van der Waals surface area contributed by atoms with Crippen molar-refractivity contribution in [2.24, 2.45) is 0 Å². The third-order valence-corrected chi connectivity index (χ3v) is 8.06. The molecule has 2 aliphatic rings. The fourth-order valence-corrected chi connectivity index (χ4v) is 6.06. The molecule has 0 spiro atoms. The summed E-state index contributed by atoms with van der Waals surface area (Å²) in [5, 5.41) is 11.9. The molecule has 2 aromatic carbocycles. The van der Waals surface area contributed by atoms with Crippen molar-refractivity contribution < 1.29 is 23.1 Å². The van der Waals surface area contributed by atoms with Gasteiger partial charge in [-0.05, 0) is 47.7 Å². The largest absolute Gasteiger partial charge is 0.465 e. The zero-order valence-corrected chi connectivity index (χ0v) is 20.9. The number of nitrogens with one attached hydrogen (secondary N) is 1. The third-order valence-electron chi connectivity index (χ3n) is 6.45. The predicted octanol–water partition coefficient (Wildman–Crippen LogP) is 3.46. The predicted molar refractivity (Wildman–Crippen MR) is 134 cm³/mol. The second-order valence-electron chi connectivity index (χ2n) is 8.87. The van der Waals surface area contributed by atoms with Crippen LogP contribution in [0.2, 0.25) is 0 Å². The molecule has 2 amide bonds. The lowest BCUT2D eigenvalue weighted by atomic mass is 9.89. The minimum atomic E-state index is -2.89. The Kier molecular flexibility index (Phi) is 7.90. The van der Waals surface area contributed by atoms with E-state index in [1.165, 1.54) is 6.92 Å². The minimum absolute atomic E-state index is 0. The highest BCUT2D eigenvalue weighted by molar-refractivity contribution is 7.91. The second kappa shape index (κ2) is 10.3. The molecule has 0 aliphatic carbocycles. The molecule has 2 heterocycles. The van der Waals surface area contributed by atoms with E-state index in [1.807, 2.05) is 49.4 Å². The standard InChI is InChI=1S/C24H29N3O5S.ClH/c1-16-13-22(25-24(29)30)21-14-20(7-8-23(21)27(16)17(2)28)19-5-3-18(4-6-19)15-26-9-11-33(31,32)12-10-26;/h3-8,14,16,22,25H,9-13,15H2,1-2H3,(H,29,30);1H/t16-,22+;/m0./s1. The van der Waals surface area contributed by atoms with Crippen LogP contribution >= 0.6 is 12.4 Å². The lowest BCUT2D eigenvalue weighted by Crippen LogP contribution is -2.45. The Bertz CT molecular complexity index is 1160. The number of benzene rings is 2.